The summed E-state index contributed by atoms with van der Waals surface area (Å²) in [4.78, 5) is 23.6. The smallest absolute Gasteiger partial charge is 0.225 e. The molecular weight excluding hydrogens is 414 g/mol. The molecule has 0 amide bonds. The highest BCUT2D eigenvalue weighted by atomic mass is 16.7. The summed E-state index contributed by atoms with van der Waals surface area (Å²) in [5, 5.41) is 0. The Kier molecular flexibility index (Phi) is 7.12. The fourth-order valence-electron chi connectivity index (χ4n) is 5.10. The molecule has 0 N–H and O–H groups in total. The number of fused-ring (bicyclic) bond motifs is 1. The van der Waals surface area contributed by atoms with Crippen LogP contribution in [-0.2, 0) is 15.9 Å². The van der Waals surface area contributed by atoms with E-state index in [0.717, 1.165) is 57.5 Å². The van der Waals surface area contributed by atoms with Gasteiger partial charge in [0.1, 0.15) is 6.61 Å². The lowest BCUT2D eigenvalue weighted by atomic mass is 9.89. The summed E-state index contributed by atoms with van der Waals surface area (Å²) in [6.45, 7) is 2.66. The Balaban J connectivity index is 1.06. The molecule has 0 radical (unpaired) electrons. The minimum Gasteiger partial charge on any atom is -0.353 e. The van der Waals surface area contributed by atoms with E-state index in [0.29, 0.717) is 18.1 Å². The Hall–Kier alpha value is -2.57. The zero-order chi connectivity index (χ0) is 22.5. The predicted octanol–water partition coefficient (Wildman–Crippen LogP) is 4.84. The van der Waals surface area contributed by atoms with Crippen molar-refractivity contribution >= 4 is 17.3 Å². The van der Waals surface area contributed by atoms with Gasteiger partial charge in [-0.25, -0.2) is 9.97 Å². The molecule has 0 bridgehead atoms. The van der Waals surface area contributed by atoms with Gasteiger partial charge in [-0.05, 0) is 74.0 Å². The summed E-state index contributed by atoms with van der Waals surface area (Å²) in [6.07, 6.45) is 14.2. The summed E-state index contributed by atoms with van der Waals surface area (Å²) < 4.78 is 11.1. The Labute approximate surface area is 196 Å². The van der Waals surface area contributed by atoms with Crippen LogP contribution >= 0.6 is 0 Å². The molecule has 1 aliphatic carbocycles. The maximum atomic E-state index is 12.4. The third-order valence-electron chi connectivity index (χ3n) is 7.15. The number of nitrogens with zero attached hydrogens (tertiary/aromatic N) is 3. The van der Waals surface area contributed by atoms with Crippen molar-refractivity contribution in [3.8, 4) is 0 Å². The van der Waals surface area contributed by atoms with Crippen molar-refractivity contribution in [3.63, 3.8) is 0 Å². The van der Waals surface area contributed by atoms with Crippen LogP contribution in [0.25, 0.3) is 5.57 Å². The molecule has 2 aromatic rings. The Bertz CT molecular complexity index is 974. The third-order valence-corrected chi connectivity index (χ3v) is 7.15. The van der Waals surface area contributed by atoms with Crippen LogP contribution in [0.1, 0.15) is 66.4 Å². The van der Waals surface area contributed by atoms with E-state index < -0.39 is 0 Å². The normalized spacial score (nSPS) is 21.0. The quantitative estimate of drug-likeness (QED) is 0.540. The van der Waals surface area contributed by atoms with E-state index in [-0.39, 0.29) is 18.7 Å². The van der Waals surface area contributed by atoms with Crippen molar-refractivity contribution in [3.05, 3.63) is 59.4 Å². The number of piperidine rings is 1. The standard InChI is InChI=1S/C27H33N3O3/c31-25(19-33-26-7-3-4-16-32-26)23-17-28-27(29-18-23)30-14-12-20(13-15-30)8-9-22-11-10-21-5-1-2-6-24(21)22/h1-2,5-6,11,17-18,20,26H,3-4,7-10,12-16,19H2. The lowest BCUT2D eigenvalue weighted by molar-refractivity contribution is -0.155. The topological polar surface area (TPSA) is 64.6 Å². The molecular formula is C27H33N3O3. The number of carbonyl (C=O) groups excluding carboxylic acids is 1. The van der Waals surface area contributed by atoms with E-state index in [4.69, 9.17) is 9.47 Å². The van der Waals surface area contributed by atoms with Crippen LogP contribution in [0, 0.1) is 5.92 Å². The molecule has 5 rings (SSSR count). The highest BCUT2D eigenvalue weighted by Gasteiger charge is 2.23. The van der Waals surface area contributed by atoms with Crippen LogP contribution in [0.15, 0.2) is 42.7 Å². The Morgan fingerprint density at radius 3 is 2.70 bits per heavy atom. The Morgan fingerprint density at radius 1 is 1.09 bits per heavy atom. The van der Waals surface area contributed by atoms with Crippen molar-refractivity contribution in [1.82, 2.24) is 9.97 Å². The minimum atomic E-state index is -0.260. The van der Waals surface area contributed by atoms with E-state index in [2.05, 4.69) is 45.2 Å². The van der Waals surface area contributed by atoms with Gasteiger partial charge in [0.25, 0.3) is 0 Å². The van der Waals surface area contributed by atoms with E-state index >= 15 is 0 Å². The molecule has 3 aliphatic rings. The van der Waals surface area contributed by atoms with Crippen LogP contribution in [0.5, 0.6) is 0 Å². The van der Waals surface area contributed by atoms with Crippen molar-refractivity contribution in [2.45, 2.75) is 57.7 Å². The van der Waals surface area contributed by atoms with Crippen molar-refractivity contribution < 1.29 is 14.3 Å². The molecule has 2 aliphatic heterocycles. The number of hydrogen-bond acceptors (Lipinski definition) is 6. The summed E-state index contributed by atoms with van der Waals surface area (Å²) in [7, 11) is 0. The summed E-state index contributed by atoms with van der Waals surface area (Å²) in [5.41, 5.74) is 4.94. The second-order valence-corrected chi connectivity index (χ2v) is 9.36. The van der Waals surface area contributed by atoms with E-state index in [1.165, 1.54) is 29.5 Å². The van der Waals surface area contributed by atoms with Gasteiger partial charge < -0.3 is 14.4 Å². The largest absolute Gasteiger partial charge is 0.353 e. The van der Waals surface area contributed by atoms with Crippen LogP contribution in [0.4, 0.5) is 5.95 Å². The molecule has 6 heteroatoms. The number of Topliss-reactive ketones (excluding diaryl/α,β-unsaturated/α-hetero) is 1. The zero-order valence-electron chi connectivity index (χ0n) is 19.2. The number of ether oxygens (including phenoxy) is 2. The van der Waals surface area contributed by atoms with Crippen LogP contribution in [-0.4, -0.2) is 48.3 Å². The van der Waals surface area contributed by atoms with Gasteiger partial charge in [-0.3, -0.25) is 4.79 Å². The van der Waals surface area contributed by atoms with Gasteiger partial charge in [-0.1, -0.05) is 30.3 Å². The average molecular weight is 448 g/mol. The van der Waals surface area contributed by atoms with Gasteiger partial charge >= 0.3 is 0 Å². The molecule has 2 saturated heterocycles. The van der Waals surface area contributed by atoms with Crippen LogP contribution < -0.4 is 4.90 Å². The van der Waals surface area contributed by atoms with Gasteiger partial charge in [0.15, 0.2) is 12.1 Å². The SMILES string of the molecule is O=C(COC1CCCCO1)c1cnc(N2CCC(CCC3=CCc4ccccc43)CC2)nc1. The molecule has 2 fully saturated rings. The average Bonchev–Trinajstić information content (AvgIpc) is 3.30. The van der Waals surface area contributed by atoms with Crippen LogP contribution in [0.3, 0.4) is 0 Å². The second kappa shape index (κ2) is 10.6. The molecule has 6 nitrogen and oxygen atoms in total. The van der Waals surface area contributed by atoms with Gasteiger partial charge in [0, 0.05) is 32.1 Å². The monoisotopic (exact) mass is 447 g/mol. The number of anilines is 1. The molecule has 3 heterocycles. The minimum absolute atomic E-state index is 0.0136. The highest BCUT2D eigenvalue weighted by Crippen LogP contribution is 2.33. The first-order valence-corrected chi connectivity index (χ1v) is 12.4. The molecule has 0 saturated carbocycles. The van der Waals surface area contributed by atoms with Gasteiger partial charge in [0.05, 0.1) is 5.56 Å². The zero-order valence-corrected chi connectivity index (χ0v) is 19.2. The number of rotatable bonds is 8. The van der Waals surface area contributed by atoms with Gasteiger partial charge in [-0.2, -0.15) is 0 Å². The molecule has 33 heavy (non-hydrogen) atoms. The maximum Gasteiger partial charge on any atom is 0.225 e. The molecule has 1 aromatic carbocycles. The number of allylic oxidation sites excluding steroid dienone is 2. The van der Waals surface area contributed by atoms with E-state index in [9.17, 15) is 4.79 Å². The molecule has 174 valence electrons. The third kappa shape index (κ3) is 5.50. The number of ketones is 1. The summed E-state index contributed by atoms with van der Waals surface area (Å²) in [6, 6.07) is 8.79. The second-order valence-electron chi connectivity index (χ2n) is 9.36. The fraction of sp³-hybridized carbons (Fsp3) is 0.519. The number of benzene rings is 1. The van der Waals surface area contributed by atoms with Crippen molar-refractivity contribution in [2.75, 3.05) is 31.2 Å². The first kappa shape index (κ1) is 22.2. The first-order valence-electron chi connectivity index (χ1n) is 12.4. The number of aromatic nitrogens is 2. The first-order chi connectivity index (χ1) is 16.3. The van der Waals surface area contributed by atoms with Crippen LogP contribution in [0.2, 0.25) is 0 Å². The maximum absolute atomic E-state index is 12.4. The lowest BCUT2D eigenvalue weighted by Gasteiger charge is -2.32. The summed E-state index contributed by atoms with van der Waals surface area (Å²) in [5.74, 6) is 1.36. The molecule has 1 atom stereocenters. The van der Waals surface area contributed by atoms with E-state index in [1.807, 2.05) is 0 Å². The van der Waals surface area contributed by atoms with Crippen molar-refractivity contribution in [2.24, 2.45) is 5.92 Å². The highest BCUT2D eigenvalue weighted by molar-refractivity contribution is 5.96. The Morgan fingerprint density at radius 2 is 1.91 bits per heavy atom. The molecule has 1 unspecified atom stereocenters. The van der Waals surface area contributed by atoms with E-state index in [1.54, 1.807) is 12.4 Å². The van der Waals surface area contributed by atoms with Gasteiger partial charge in [-0.15, -0.1) is 0 Å². The van der Waals surface area contributed by atoms with Crippen molar-refractivity contribution in [1.29, 1.82) is 0 Å². The lowest BCUT2D eigenvalue weighted by Crippen LogP contribution is -2.35. The molecule has 1 aromatic heterocycles. The molecule has 0 spiro atoms. The fourth-order valence-corrected chi connectivity index (χ4v) is 5.10. The predicted molar refractivity (Wildman–Crippen MR) is 128 cm³/mol. The number of carbonyl (C=O) groups is 1. The van der Waals surface area contributed by atoms with Gasteiger partial charge in [0.2, 0.25) is 5.95 Å². The summed E-state index contributed by atoms with van der Waals surface area (Å²) >= 11 is 0. The number of hydrogen-bond donors (Lipinski definition) is 0.